The third-order valence-electron chi connectivity index (χ3n) is 4.76. The molecule has 0 atom stereocenters. The Hall–Kier alpha value is -2.22. The number of hydrogen-bond acceptors (Lipinski definition) is 3. The first-order valence-corrected chi connectivity index (χ1v) is 11.1. The summed E-state index contributed by atoms with van der Waals surface area (Å²) in [5.41, 5.74) is 0.559. The van der Waals surface area contributed by atoms with Crippen LogP contribution in [0, 0.1) is 0 Å². The summed E-state index contributed by atoms with van der Waals surface area (Å²) >= 11 is 6.53. The van der Waals surface area contributed by atoms with Crippen molar-refractivity contribution >= 4 is 35.4 Å². The molecule has 0 bridgehead atoms. The van der Waals surface area contributed by atoms with Gasteiger partial charge in [0.2, 0.25) is 0 Å². The molecule has 3 rings (SSSR count). The topological polar surface area (TPSA) is 38.7 Å². The Bertz CT molecular complexity index is 964. The maximum atomic E-state index is 11.3. The quantitative estimate of drug-likeness (QED) is 0.573. The molecule has 1 N–H and O–H groups in total. The molecule has 0 fully saturated rings. The van der Waals surface area contributed by atoms with E-state index < -0.39 is 7.92 Å². The van der Waals surface area contributed by atoms with Crippen molar-refractivity contribution in [2.24, 2.45) is 0 Å². The van der Waals surface area contributed by atoms with Crippen molar-refractivity contribution in [2.45, 2.75) is 26.2 Å². The first kappa shape index (κ1) is 21.5. The number of phenols is 1. The van der Waals surface area contributed by atoms with Gasteiger partial charge in [-0.15, -0.1) is 0 Å². The van der Waals surface area contributed by atoms with Gasteiger partial charge in [-0.1, -0.05) is 68.8 Å². The summed E-state index contributed by atoms with van der Waals surface area (Å²) in [4.78, 5) is 0. The summed E-state index contributed by atoms with van der Waals surface area (Å²) in [6, 6.07) is 19.5. The van der Waals surface area contributed by atoms with Crippen molar-refractivity contribution in [2.75, 3.05) is 14.2 Å². The van der Waals surface area contributed by atoms with Gasteiger partial charge in [-0.2, -0.15) is 0 Å². The van der Waals surface area contributed by atoms with Crippen molar-refractivity contribution < 1.29 is 14.6 Å². The van der Waals surface area contributed by atoms with Gasteiger partial charge in [-0.3, -0.25) is 0 Å². The first-order valence-electron chi connectivity index (χ1n) is 9.37. The van der Waals surface area contributed by atoms with Gasteiger partial charge in [0, 0.05) is 26.5 Å². The highest BCUT2D eigenvalue weighted by Gasteiger charge is 2.29. The van der Waals surface area contributed by atoms with Crippen LogP contribution in [-0.2, 0) is 5.41 Å². The standard InChI is InChI=1S/C24H26ClO3P/c1-24(2,3)17-14-16(25)15-22(23(17)26)29(20-12-8-6-10-18(20)27-4)21-13-9-7-11-19(21)28-5/h6-15,26H,1-5H3. The van der Waals surface area contributed by atoms with Gasteiger partial charge >= 0.3 is 0 Å². The minimum atomic E-state index is -1.18. The Morgan fingerprint density at radius 2 is 1.28 bits per heavy atom. The number of aromatic hydroxyl groups is 1. The van der Waals surface area contributed by atoms with Gasteiger partial charge in [0.15, 0.2) is 0 Å². The minimum Gasteiger partial charge on any atom is -0.507 e. The molecule has 0 aliphatic carbocycles. The molecule has 3 aromatic rings. The van der Waals surface area contributed by atoms with Gasteiger partial charge in [-0.25, -0.2) is 0 Å². The lowest BCUT2D eigenvalue weighted by Crippen LogP contribution is -2.25. The van der Waals surface area contributed by atoms with E-state index in [-0.39, 0.29) is 11.2 Å². The Balaban J connectivity index is 2.38. The fraction of sp³-hybridized carbons (Fsp3) is 0.250. The van der Waals surface area contributed by atoms with Crippen molar-refractivity contribution in [3.8, 4) is 17.2 Å². The van der Waals surface area contributed by atoms with Gasteiger partial charge in [0.1, 0.15) is 17.2 Å². The maximum Gasteiger partial charge on any atom is 0.127 e. The summed E-state index contributed by atoms with van der Waals surface area (Å²) < 4.78 is 11.3. The summed E-state index contributed by atoms with van der Waals surface area (Å²) in [6.45, 7) is 6.20. The predicted molar refractivity (Wildman–Crippen MR) is 124 cm³/mol. The van der Waals surface area contributed by atoms with Gasteiger partial charge in [0.05, 0.1) is 14.2 Å². The third kappa shape index (κ3) is 4.37. The van der Waals surface area contributed by atoms with Crippen LogP contribution in [0.25, 0.3) is 0 Å². The molecule has 5 heteroatoms. The Morgan fingerprint density at radius 1 is 0.793 bits per heavy atom. The lowest BCUT2D eigenvalue weighted by Gasteiger charge is -2.28. The summed E-state index contributed by atoms with van der Waals surface area (Å²) in [7, 11) is 2.14. The second-order valence-electron chi connectivity index (χ2n) is 7.75. The number of benzene rings is 3. The molecular weight excluding hydrogens is 403 g/mol. The van der Waals surface area contributed by atoms with Crippen LogP contribution in [0.15, 0.2) is 60.7 Å². The number of phenolic OH excluding ortho intramolecular Hbond substituents is 1. The van der Waals surface area contributed by atoms with Crippen LogP contribution in [0.2, 0.25) is 5.02 Å². The summed E-state index contributed by atoms with van der Waals surface area (Å²) in [5.74, 6) is 1.80. The minimum absolute atomic E-state index is 0.258. The number of methoxy groups -OCH3 is 2. The second kappa shape index (κ2) is 8.65. The molecular formula is C24H26ClO3P. The smallest absolute Gasteiger partial charge is 0.127 e. The van der Waals surface area contributed by atoms with E-state index >= 15 is 0 Å². The van der Waals surface area contributed by atoms with Crippen molar-refractivity contribution in [3.05, 3.63) is 71.2 Å². The molecule has 0 aromatic heterocycles. The monoisotopic (exact) mass is 428 g/mol. The number of halogens is 1. The highest BCUT2D eigenvalue weighted by atomic mass is 35.5. The lowest BCUT2D eigenvalue weighted by molar-refractivity contribution is 0.417. The average molecular weight is 429 g/mol. The van der Waals surface area contributed by atoms with E-state index in [1.165, 1.54) is 0 Å². The van der Waals surface area contributed by atoms with E-state index in [0.717, 1.165) is 33.0 Å². The molecule has 29 heavy (non-hydrogen) atoms. The second-order valence-corrected chi connectivity index (χ2v) is 10.3. The molecule has 3 aromatic carbocycles. The number of hydrogen-bond donors (Lipinski definition) is 1. The Morgan fingerprint density at radius 3 is 1.72 bits per heavy atom. The molecule has 0 amide bonds. The van der Waals surface area contributed by atoms with Crippen LogP contribution in [0.3, 0.4) is 0 Å². The summed E-state index contributed by atoms with van der Waals surface area (Å²) in [6.07, 6.45) is 0. The molecule has 3 nitrogen and oxygen atoms in total. The number of ether oxygens (including phenoxy) is 2. The normalized spacial score (nSPS) is 11.6. The molecule has 0 radical (unpaired) electrons. The third-order valence-corrected chi connectivity index (χ3v) is 7.50. The van der Waals surface area contributed by atoms with E-state index in [1.807, 2.05) is 60.7 Å². The van der Waals surface area contributed by atoms with Crippen LogP contribution in [0.4, 0.5) is 0 Å². The van der Waals surface area contributed by atoms with E-state index in [9.17, 15) is 5.11 Å². The molecule has 0 heterocycles. The van der Waals surface area contributed by atoms with Crippen molar-refractivity contribution in [3.63, 3.8) is 0 Å². The van der Waals surface area contributed by atoms with Crippen LogP contribution in [0.1, 0.15) is 26.3 Å². The van der Waals surface area contributed by atoms with E-state index in [4.69, 9.17) is 21.1 Å². The van der Waals surface area contributed by atoms with E-state index in [0.29, 0.717) is 5.02 Å². The molecule has 0 aliphatic rings. The van der Waals surface area contributed by atoms with Gasteiger partial charge in [-0.05, 0) is 37.6 Å². The maximum absolute atomic E-state index is 11.3. The molecule has 0 aliphatic heterocycles. The lowest BCUT2D eigenvalue weighted by atomic mass is 9.86. The van der Waals surface area contributed by atoms with Crippen LogP contribution in [-0.4, -0.2) is 19.3 Å². The molecule has 0 unspecified atom stereocenters. The SMILES string of the molecule is COc1ccccc1P(c1ccccc1OC)c1cc(Cl)cc(C(C)(C)C)c1O. The highest BCUT2D eigenvalue weighted by Crippen LogP contribution is 2.45. The predicted octanol–water partition coefficient (Wildman–Crippen LogP) is 5.12. The van der Waals surface area contributed by atoms with E-state index in [1.54, 1.807) is 14.2 Å². The molecule has 152 valence electrons. The fourth-order valence-electron chi connectivity index (χ4n) is 3.35. The Labute approximate surface area is 179 Å². The van der Waals surface area contributed by atoms with Crippen LogP contribution >= 0.6 is 19.5 Å². The van der Waals surface area contributed by atoms with Crippen molar-refractivity contribution in [1.82, 2.24) is 0 Å². The molecule has 0 saturated heterocycles. The van der Waals surface area contributed by atoms with Crippen molar-refractivity contribution in [1.29, 1.82) is 0 Å². The van der Waals surface area contributed by atoms with Crippen LogP contribution in [0.5, 0.6) is 17.2 Å². The zero-order valence-corrected chi connectivity index (χ0v) is 19.0. The van der Waals surface area contributed by atoms with Gasteiger partial charge in [0.25, 0.3) is 0 Å². The largest absolute Gasteiger partial charge is 0.507 e. The highest BCUT2D eigenvalue weighted by molar-refractivity contribution is 7.80. The zero-order chi connectivity index (χ0) is 21.2. The molecule has 0 spiro atoms. The average Bonchev–Trinajstić information content (AvgIpc) is 2.70. The van der Waals surface area contributed by atoms with E-state index in [2.05, 4.69) is 20.8 Å². The fourth-order valence-corrected chi connectivity index (χ4v) is 6.26. The molecule has 0 saturated carbocycles. The summed E-state index contributed by atoms with van der Waals surface area (Å²) in [5, 5.41) is 14.7. The van der Waals surface area contributed by atoms with Crippen LogP contribution < -0.4 is 25.4 Å². The zero-order valence-electron chi connectivity index (χ0n) is 17.4. The Kier molecular flexibility index (Phi) is 6.41. The first-order chi connectivity index (χ1) is 13.8. The number of para-hydroxylation sites is 2. The number of rotatable bonds is 5. The van der Waals surface area contributed by atoms with Gasteiger partial charge < -0.3 is 14.6 Å².